The molecule has 0 aliphatic heterocycles. The molecule has 0 saturated heterocycles. The lowest BCUT2D eigenvalue weighted by atomic mass is 10.1. The number of carbonyl (C=O) groups is 1. The largest absolute Gasteiger partial charge is 0.507 e. The average molecular weight is 764 g/mol. The van der Waals surface area contributed by atoms with Crippen molar-refractivity contribution in [3.8, 4) is 211 Å². The SMILES string of the molecule is CC#CC#CC#CC#CC#CC#CC#CC#CC#CC#CC#CC#CC#CC#CC(=O)OCCOc1ccc(-c2nc(-c3ccccc3)nc(-c3ccccc3)n2)c(O)c1. The van der Waals surface area contributed by atoms with Gasteiger partial charge >= 0.3 is 5.97 Å². The molecule has 60 heavy (non-hydrogen) atoms. The Morgan fingerprint density at radius 3 is 1.27 bits per heavy atom. The number of rotatable bonds is 7. The summed E-state index contributed by atoms with van der Waals surface area (Å²) >= 11 is 0. The summed E-state index contributed by atoms with van der Waals surface area (Å²) in [6.07, 6.45) is 0. The Morgan fingerprint density at radius 2 is 0.867 bits per heavy atom. The molecule has 1 aromatic heterocycles. The zero-order chi connectivity index (χ0) is 42.1. The van der Waals surface area contributed by atoms with E-state index < -0.39 is 5.97 Å². The molecule has 7 heteroatoms. The Balaban J connectivity index is 1.18. The second kappa shape index (κ2) is 26.4. The summed E-state index contributed by atoms with van der Waals surface area (Å²) < 4.78 is 10.7. The highest BCUT2D eigenvalue weighted by Crippen LogP contribution is 2.32. The number of aromatic hydroxyl groups is 1. The monoisotopic (exact) mass is 763 g/mol. The van der Waals surface area contributed by atoms with Gasteiger partial charge in [0.05, 0.1) is 5.56 Å². The predicted molar refractivity (Wildman–Crippen MR) is 229 cm³/mol. The Morgan fingerprint density at radius 1 is 0.483 bits per heavy atom. The van der Waals surface area contributed by atoms with E-state index in [0.717, 1.165) is 11.1 Å². The van der Waals surface area contributed by atoms with E-state index in [2.05, 4.69) is 181 Å². The maximum atomic E-state index is 11.9. The summed E-state index contributed by atoms with van der Waals surface area (Å²) in [5.74, 6) is 70.3. The Hall–Kier alpha value is -10.4. The number of nitrogens with zero attached hydrogens (tertiary/aromatic N) is 3. The molecule has 4 aromatic rings. The van der Waals surface area contributed by atoms with Crippen molar-refractivity contribution >= 4 is 5.97 Å². The maximum absolute atomic E-state index is 11.9. The van der Waals surface area contributed by atoms with Crippen LogP contribution in [0, 0.1) is 166 Å². The van der Waals surface area contributed by atoms with Crippen LogP contribution in [0.4, 0.5) is 0 Å². The molecule has 7 nitrogen and oxygen atoms in total. The minimum Gasteiger partial charge on any atom is -0.507 e. The standard InChI is InChI=1S/C53H21N3O4/c1-2-3-4-5-6-7-8-9-10-11-12-13-14-15-16-17-18-19-20-21-22-23-24-25-26-27-34-39-50(58)60-43-42-59-47-40-41-48(49(57)44-47)53-55-51(45-35-30-28-31-36-45)54-52(56-53)46-37-32-29-33-38-46/h28-33,35-38,40-41,44,57H,42-43H2,1H3. The van der Waals surface area contributed by atoms with Gasteiger partial charge in [-0.15, -0.1) is 0 Å². The summed E-state index contributed by atoms with van der Waals surface area (Å²) in [6, 6.07) is 23.7. The fourth-order valence-electron chi connectivity index (χ4n) is 3.94. The molecule has 0 atom stereocenters. The third kappa shape index (κ3) is 16.7. The fourth-order valence-corrected chi connectivity index (χ4v) is 3.94. The van der Waals surface area contributed by atoms with Gasteiger partial charge < -0.3 is 14.6 Å². The van der Waals surface area contributed by atoms with Crippen molar-refractivity contribution in [1.82, 2.24) is 15.0 Å². The molecule has 0 spiro atoms. The molecule has 0 aliphatic rings. The molecular weight excluding hydrogens is 743 g/mol. The topological polar surface area (TPSA) is 94.4 Å². The van der Waals surface area contributed by atoms with Crippen LogP contribution in [-0.2, 0) is 9.53 Å². The van der Waals surface area contributed by atoms with E-state index >= 15 is 0 Å². The summed E-state index contributed by atoms with van der Waals surface area (Å²) in [7, 11) is 0. The first-order valence-electron chi connectivity index (χ1n) is 17.1. The smallest absolute Gasteiger partial charge is 0.385 e. The number of hydrogen-bond donors (Lipinski definition) is 1. The molecule has 1 N–H and O–H groups in total. The number of benzene rings is 3. The number of ether oxygens (including phenoxy) is 2. The van der Waals surface area contributed by atoms with Crippen LogP contribution in [0.3, 0.4) is 0 Å². The minimum absolute atomic E-state index is 0.00997. The molecule has 0 aliphatic carbocycles. The lowest BCUT2D eigenvalue weighted by Gasteiger charge is -2.11. The van der Waals surface area contributed by atoms with Gasteiger partial charge in [-0.1, -0.05) is 66.6 Å². The lowest BCUT2D eigenvalue weighted by molar-refractivity contribution is -0.137. The van der Waals surface area contributed by atoms with Crippen molar-refractivity contribution in [2.75, 3.05) is 13.2 Å². The zero-order valence-electron chi connectivity index (χ0n) is 31.4. The van der Waals surface area contributed by atoms with E-state index in [1.807, 2.05) is 60.7 Å². The molecule has 0 fully saturated rings. The van der Waals surface area contributed by atoms with Crippen molar-refractivity contribution in [3.63, 3.8) is 0 Å². The first-order valence-corrected chi connectivity index (χ1v) is 17.1. The number of esters is 1. The number of phenolic OH excluding ortho intramolecular Hbond substituents is 1. The van der Waals surface area contributed by atoms with Gasteiger partial charge in [-0.3, -0.25) is 0 Å². The molecule has 1 heterocycles. The van der Waals surface area contributed by atoms with E-state index in [0.29, 0.717) is 28.8 Å². The number of phenols is 1. The van der Waals surface area contributed by atoms with Gasteiger partial charge in [0, 0.05) is 82.3 Å². The number of carbonyl (C=O) groups excluding carboxylic acids is 1. The van der Waals surface area contributed by atoms with Gasteiger partial charge in [-0.05, 0) is 114 Å². The first kappa shape index (κ1) is 42.3. The Kier molecular flexibility index (Phi) is 18.6. The van der Waals surface area contributed by atoms with E-state index in [9.17, 15) is 9.90 Å². The molecule has 0 saturated carbocycles. The molecule has 0 bridgehead atoms. The van der Waals surface area contributed by atoms with Crippen LogP contribution in [0.15, 0.2) is 78.9 Å². The maximum Gasteiger partial charge on any atom is 0.385 e. The van der Waals surface area contributed by atoms with Gasteiger partial charge in [0.1, 0.15) is 24.7 Å². The summed E-state index contributed by atoms with van der Waals surface area (Å²) in [5.41, 5.74) is 2.00. The minimum atomic E-state index is -0.797. The first-order chi connectivity index (χ1) is 29.6. The van der Waals surface area contributed by atoms with Crippen LogP contribution in [0.2, 0.25) is 0 Å². The predicted octanol–water partition coefficient (Wildman–Crippen LogP) is 4.57. The van der Waals surface area contributed by atoms with Crippen LogP contribution < -0.4 is 4.74 Å². The van der Waals surface area contributed by atoms with Crippen molar-refractivity contribution < 1.29 is 19.4 Å². The highest BCUT2D eigenvalue weighted by molar-refractivity contribution is 5.89. The molecule has 3 aromatic carbocycles. The molecule has 0 amide bonds. The molecule has 0 unspecified atom stereocenters. The van der Waals surface area contributed by atoms with Crippen LogP contribution in [-0.4, -0.2) is 39.2 Å². The summed E-state index contributed by atoms with van der Waals surface area (Å²) in [4.78, 5) is 25.8. The van der Waals surface area contributed by atoms with E-state index in [4.69, 9.17) is 9.47 Å². The van der Waals surface area contributed by atoms with Crippen molar-refractivity contribution in [2.24, 2.45) is 0 Å². The third-order valence-corrected chi connectivity index (χ3v) is 6.35. The second-order valence-corrected chi connectivity index (χ2v) is 10.3. The van der Waals surface area contributed by atoms with Crippen LogP contribution in [0.5, 0.6) is 11.5 Å². The molecule has 4 rings (SSSR count). The third-order valence-electron chi connectivity index (χ3n) is 6.35. The van der Waals surface area contributed by atoms with Crippen LogP contribution in [0.1, 0.15) is 6.92 Å². The zero-order valence-corrected chi connectivity index (χ0v) is 31.4. The Bertz CT molecular complexity index is 3160. The fraction of sp³-hybridized carbons (Fsp3) is 0.0566. The Labute approximate surface area is 349 Å². The van der Waals surface area contributed by atoms with E-state index in [1.165, 1.54) is 6.07 Å². The summed E-state index contributed by atoms with van der Waals surface area (Å²) in [5, 5.41) is 10.9. The highest BCUT2D eigenvalue weighted by atomic mass is 16.6. The van der Waals surface area contributed by atoms with Gasteiger partial charge in [0.25, 0.3) is 0 Å². The van der Waals surface area contributed by atoms with Crippen molar-refractivity contribution in [1.29, 1.82) is 0 Å². The quantitative estimate of drug-likeness (QED) is 0.128. The van der Waals surface area contributed by atoms with Gasteiger partial charge in [-0.25, -0.2) is 19.7 Å². The van der Waals surface area contributed by atoms with Crippen LogP contribution >= 0.6 is 0 Å². The van der Waals surface area contributed by atoms with Crippen LogP contribution in [0.25, 0.3) is 34.2 Å². The number of hydrogen-bond acceptors (Lipinski definition) is 7. The van der Waals surface area contributed by atoms with Crippen molar-refractivity contribution in [3.05, 3.63) is 78.9 Å². The van der Waals surface area contributed by atoms with Crippen molar-refractivity contribution in [2.45, 2.75) is 6.92 Å². The second-order valence-electron chi connectivity index (χ2n) is 10.3. The average Bonchev–Trinajstić information content (AvgIpc) is 3.28. The lowest BCUT2D eigenvalue weighted by Crippen LogP contribution is -2.10. The van der Waals surface area contributed by atoms with Gasteiger partial charge in [0.15, 0.2) is 17.5 Å². The highest BCUT2D eigenvalue weighted by Gasteiger charge is 2.15. The molecular formula is C53H21N3O4. The number of aromatic nitrogens is 3. The summed E-state index contributed by atoms with van der Waals surface area (Å²) in [6.45, 7) is 1.60. The van der Waals surface area contributed by atoms with E-state index in [-0.39, 0.29) is 19.0 Å². The van der Waals surface area contributed by atoms with E-state index in [1.54, 1.807) is 19.1 Å². The molecule has 272 valence electrons. The van der Waals surface area contributed by atoms with Gasteiger partial charge in [0.2, 0.25) is 0 Å². The normalized spacial score (nSPS) is 7.48. The van der Waals surface area contributed by atoms with Gasteiger partial charge in [-0.2, -0.15) is 0 Å². The molecule has 0 radical (unpaired) electrons.